The first-order chi connectivity index (χ1) is 5.27. The molecule has 0 spiro atoms. The Kier molecular flexibility index (Phi) is 1.36. The van der Waals surface area contributed by atoms with Crippen LogP contribution in [0.15, 0.2) is 18.2 Å². The molecule has 0 radical (unpaired) electrons. The quantitative estimate of drug-likeness (QED) is 0.592. The maximum Gasteiger partial charge on any atom is 0.203 e. The molecule has 1 aromatic carbocycles. The van der Waals surface area contributed by atoms with Gasteiger partial charge in [0.15, 0.2) is 6.61 Å². The molecule has 0 aromatic heterocycles. The van der Waals surface area contributed by atoms with Crippen molar-refractivity contribution in [3.8, 4) is 5.75 Å². The van der Waals surface area contributed by atoms with Gasteiger partial charge < -0.3 is 4.74 Å². The van der Waals surface area contributed by atoms with Gasteiger partial charge in [0.1, 0.15) is 5.75 Å². The van der Waals surface area contributed by atoms with Crippen LogP contribution in [-0.4, -0.2) is 12.4 Å². The van der Waals surface area contributed by atoms with E-state index in [2.05, 4.69) is 0 Å². The minimum atomic E-state index is 0.0247. The second-order valence-electron chi connectivity index (χ2n) is 2.35. The van der Waals surface area contributed by atoms with Crippen LogP contribution in [0.4, 0.5) is 0 Å². The van der Waals surface area contributed by atoms with Crippen molar-refractivity contribution >= 4 is 17.4 Å². The summed E-state index contributed by atoms with van der Waals surface area (Å²) >= 11 is 5.68. The molecule has 0 aliphatic carbocycles. The number of halogens is 1. The van der Waals surface area contributed by atoms with Crippen LogP contribution in [0.3, 0.4) is 0 Å². The molecule has 0 atom stereocenters. The number of rotatable bonds is 0. The number of fused-ring (bicyclic) bond motifs is 1. The molecule has 11 heavy (non-hydrogen) atoms. The van der Waals surface area contributed by atoms with Crippen LogP contribution in [-0.2, 0) is 0 Å². The molecule has 1 aliphatic heterocycles. The Hall–Kier alpha value is -1.02. The number of carbonyl (C=O) groups excluding carboxylic acids is 1. The Morgan fingerprint density at radius 3 is 3.09 bits per heavy atom. The summed E-state index contributed by atoms with van der Waals surface area (Å²) in [5.41, 5.74) is 0.634. The SMILES string of the molecule is O=C1COc2cc(Cl)ccc21. The van der Waals surface area contributed by atoms with Crippen LogP contribution in [0.2, 0.25) is 5.02 Å². The summed E-state index contributed by atoms with van der Waals surface area (Å²) in [5, 5.41) is 0.596. The predicted molar refractivity (Wildman–Crippen MR) is 41.3 cm³/mol. The van der Waals surface area contributed by atoms with Gasteiger partial charge in [0, 0.05) is 5.02 Å². The van der Waals surface area contributed by atoms with Crippen LogP contribution in [0.5, 0.6) is 5.75 Å². The van der Waals surface area contributed by atoms with Crippen molar-refractivity contribution in [2.24, 2.45) is 0 Å². The third kappa shape index (κ3) is 0.994. The molecular formula is C8H5ClO2. The molecule has 0 N–H and O–H groups in total. The van der Waals surface area contributed by atoms with E-state index >= 15 is 0 Å². The topological polar surface area (TPSA) is 26.3 Å². The number of hydrogen-bond donors (Lipinski definition) is 0. The molecule has 3 heteroatoms. The smallest absolute Gasteiger partial charge is 0.203 e. The zero-order valence-corrected chi connectivity index (χ0v) is 6.39. The molecule has 0 amide bonds. The van der Waals surface area contributed by atoms with Crippen molar-refractivity contribution in [3.63, 3.8) is 0 Å². The summed E-state index contributed by atoms with van der Waals surface area (Å²) in [5.74, 6) is 0.624. The Labute approximate surface area is 68.7 Å². The van der Waals surface area contributed by atoms with E-state index < -0.39 is 0 Å². The second kappa shape index (κ2) is 2.24. The zero-order valence-electron chi connectivity index (χ0n) is 5.63. The first kappa shape index (κ1) is 6.68. The fourth-order valence-electron chi connectivity index (χ4n) is 1.07. The lowest BCUT2D eigenvalue weighted by molar-refractivity contribution is 0.0961. The van der Waals surface area contributed by atoms with Gasteiger partial charge >= 0.3 is 0 Å². The summed E-state index contributed by atoms with van der Waals surface area (Å²) in [7, 11) is 0. The largest absolute Gasteiger partial charge is 0.485 e. The van der Waals surface area contributed by atoms with E-state index in [0.29, 0.717) is 16.3 Å². The minimum absolute atomic E-state index is 0.0247. The zero-order chi connectivity index (χ0) is 7.84. The summed E-state index contributed by atoms with van der Waals surface area (Å²) < 4.78 is 5.06. The third-order valence-corrected chi connectivity index (χ3v) is 1.84. The van der Waals surface area contributed by atoms with Crippen molar-refractivity contribution in [2.45, 2.75) is 0 Å². The van der Waals surface area contributed by atoms with Crippen LogP contribution in [0, 0.1) is 0 Å². The van der Waals surface area contributed by atoms with E-state index in [4.69, 9.17) is 16.3 Å². The first-order valence-corrected chi connectivity index (χ1v) is 3.61. The van der Waals surface area contributed by atoms with Gasteiger partial charge in [-0.2, -0.15) is 0 Å². The Morgan fingerprint density at radius 1 is 1.45 bits per heavy atom. The van der Waals surface area contributed by atoms with Gasteiger partial charge in [-0.3, -0.25) is 4.79 Å². The van der Waals surface area contributed by atoms with Crippen LogP contribution in [0.25, 0.3) is 0 Å². The normalized spacial score (nSPS) is 14.5. The number of benzene rings is 1. The van der Waals surface area contributed by atoms with E-state index in [1.54, 1.807) is 18.2 Å². The summed E-state index contributed by atoms with van der Waals surface area (Å²) in [6.45, 7) is 0.148. The highest BCUT2D eigenvalue weighted by molar-refractivity contribution is 6.31. The highest BCUT2D eigenvalue weighted by atomic mass is 35.5. The van der Waals surface area contributed by atoms with Crippen LogP contribution in [0.1, 0.15) is 10.4 Å². The van der Waals surface area contributed by atoms with Crippen molar-refractivity contribution in [3.05, 3.63) is 28.8 Å². The van der Waals surface area contributed by atoms with Crippen LogP contribution < -0.4 is 4.74 Å². The first-order valence-electron chi connectivity index (χ1n) is 3.23. The average molecular weight is 169 g/mol. The molecule has 2 nitrogen and oxygen atoms in total. The highest BCUT2D eigenvalue weighted by Gasteiger charge is 2.20. The minimum Gasteiger partial charge on any atom is -0.485 e. The van der Waals surface area contributed by atoms with Gasteiger partial charge in [-0.05, 0) is 18.2 Å². The highest BCUT2D eigenvalue weighted by Crippen LogP contribution is 2.27. The maximum atomic E-state index is 11.0. The summed E-state index contributed by atoms with van der Waals surface area (Å²) in [6, 6.07) is 5.03. The van der Waals surface area contributed by atoms with Gasteiger partial charge in [-0.15, -0.1) is 0 Å². The Bertz CT molecular complexity index is 320. The lowest BCUT2D eigenvalue weighted by atomic mass is 10.1. The van der Waals surface area contributed by atoms with Crippen LogP contribution >= 0.6 is 11.6 Å². The number of ketones is 1. The molecule has 0 saturated carbocycles. The van der Waals surface area contributed by atoms with E-state index in [1.807, 2.05) is 0 Å². The van der Waals surface area contributed by atoms with Gasteiger partial charge in [0.2, 0.25) is 5.78 Å². The van der Waals surface area contributed by atoms with Crippen molar-refractivity contribution in [2.75, 3.05) is 6.61 Å². The summed E-state index contributed by atoms with van der Waals surface area (Å²) in [4.78, 5) is 11.0. The van der Waals surface area contributed by atoms with E-state index in [-0.39, 0.29) is 12.4 Å². The van der Waals surface area contributed by atoms with E-state index in [9.17, 15) is 4.79 Å². The number of carbonyl (C=O) groups is 1. The molecule has 0 fully saturated rings. The van der Waals surface area contributed by atoms with E-state index in [0.717, 1.165) is 0 Å². The lowest BCUT2D eigenvalue weighted by Crippen LogP contribution is -1.98. The molecule has 0 saturated heterocycles. The molecule has 0 bridgehead atoms. The number of hydrogen-bond acceptors (Lipinski definition) is 2. The third-order valence-electron chi connectivity index (χ3n) is 1.60. The average Bonchev–Trinajstić information content (AvgIpc) is 2.32. The molecule has 1 heterocycles. The second-order valence-corrected chi connectivity index (χ2v) is 2.79. The molecular weight excluding hydrogens is 164 g/mol. The van der Waals surface area contributed by atoms with Gasteiger partial charge in [0.25, 0.3) is 0 Å². The molecule has 1 aliphatic rings. The van der Waals surface area contributed by atoms with Crippen molar-refractivity contribution < 1.29 is 9.53 Å². The standard InChI is InChI=1S/C8H5ClO2/c9-5-1-2-6-7(10)4-11-8(6)3-5/h1-3H,4H2. The van der Waals surface area contributed by atoms with Gasteiger partial charge in [-0.1, -0.05) is 11.6 Å². The van der Waals surface area contributed by atoms with E-state index in [1.165, 1.54) is 0 Å². The molecule has 1 aromatic rings. The number of Topliss-reactive ketones (excluding diaryl/α,β-unsaturated/α-hetero) is 1. The van der Waals surface area contributed by atoms with Crippen molar-refractivity contribution in [1.29, 1.82) is 0 Å². The maximum absolute atomic E-state index is 11.0. The number of ether oxygens (including phenoxy) is 1. The fourth-order valence-corrected chi connectivity index (χ4v) is 1.23. The summed E-state index contributed by atoms with van der Waals surface area (Å²) in [6.07, 6.45) is 0. The van der Waals surface area contributed by atoms with Gasteiger partial charge in [0.05, 0.1) is 5.56 Å². The Morgan fingerprint density at radius 2 is 2.27 bits per heavy atom. The molecule has 2 rings (SSSR count). The molecule has 0 unspecified atom stereocenters. The Balaban J connectivity index is 2.59. The van der Waals surface area contributed by atoms with Gasteiger partial charge in [-0.25, -0.2) is 0 Å². The monoisotopic (exact) mass is 168 g/mol. The lowest BCUT2D eigenvalue weighted by Gasteiger charge is -1.95. The fraction of sp³-hybridized carbons (Fsp3) is 0.125. The predicted octanol–water partition coefficient (Wildman–Crippen LogP) is 1.92. The van der Waals surface area contributed by atoms with Crippen molar-refractivity contribution in [1.82, 2.24) is 0 Å². The molecule has 56 valence electrons.